The summed E-state index contributed by atoms with van der Waals surface area (Å²) in [5.74, 6) is -1.06. The van der Waals surface area contributed by atoms with E-state index in [4.69, 9.17) is 15.2 Å². The Hall–Kier alpha value is -2.06. The molecular formula is C12H17ClN2O6. The zero-order valence-electron chi connectivity index (χ0n) is 11.8. The number of nitro benzene ring substituents is 1. The molecule has 0 heterocycles. The highest BCUT2D eigenvalue weighted by atomic mass is 35.5. The Labute approximate surface area is 127 Å². The van der Waals surface area contributed by atoms with Gasteiger partial charge in [0.2, 0.25) is 5.75 Å². The minimum atomic E-state index is -2.01. The number of aliphatic hydroxyl groups is 1. The molecule has 0 bridgehead atoms. The van der Waals surface area contributed by atoms with Crippen molar-refractivity contribution < 1.29 is 24.3 Å². The van der Waals surface area contributed by atoms with Gasteiger partial charge in [0.15, 0.2) is 11.4 Å². The third kappa shape index (κ3) is 3.34. The van der Waals surface area contributed by atoms with Crippen LogP contribution in [0.25, 0.3) is 0 Å². The number of rotatable bonds is 6. The largest absolute Gasteiger partial charge is 0.493 e. The first kappa shape index (κ1) is 18.9. The summed E-state index contributed by atoms with van der Waals surface area (Å²) in [6.07, 6.45) is -0.0328. The second-order valence-electron chi connectivity index (χ2n) is 4.07. The summed E-state index contributed by atoms with van der Waals surface area (Å²) in [6, 6.07) is 2.34. The third-order valence-electron chi connectivity index (χ3n) is 3.05. The van der Waals surface area contributed by atoms with E-state index in [1.54, 1.807) is 0 Å². The highest BCUT2D eigenvalue weighted by Crippen LogP contribution is 2.41. The van der Waals surface area contributed by atoms with Crippen LogP contribution in [-0.4, -0.2) is 30.2 Å². The molecule has 0 aliphatic heterocycles. The Balaban J connectivity index is 0.00000400. The molecule has 9 heteroatoms. The van der Waals surface area contributed by atoms with Gasteiger partial charge < -0.3 is 20.3 Å². The summed E-state index contributed by atoms with van der Waals surface area (Å²) < 4.78 is 9.92. The van der Waals surface area contributed by atoms with Crippen molar-refractivity contribution in [1.82, 2.24) is 0 Å². The molecule has 0 fully saturated rings. The minimum Gasteiger partial charge on any atom is -0.493 e. The van der Waals surface area contributed by atoms with E-state index in [0.29, 0.717) is 0 Å². The van der Waals surface area contributed by atoms with Crippen molar-refractivity contribution in [3.8, 4) is 11.5 Å². The number of amides is 1. The van der Waals surface area contributed by atoms with Crippen LogP contribution < -0.4 is 15.2 Å². The van der Waals surface area contributed by atoms with Crippen LogP contribution in [0, 0.1) is 10.1 Å². The van der Waals surface area contributed by atoms with Crippen molar-refractivity contribution in [2.45, 2.75) is 18.9 Å². The maximum Gasteiger partial charge on any atom is 0.315 e. The lowest BCUT2D eigenvalue weighted by molar-refractivity contribution is -0.385. The molecule has 0 spiro atoms. The summed E-state index contributed by atoms with van der Waals surface area (Å²) in [6.45, 7) is 1.54. The lowest BCUT2D eigenvalue weighted by atomic mass is 9.89. The molecule has 8 nitrogen and oxygen atoms in total. The minimum absolute atomic E-state index is 0. The Kier molecular flexibility index (Phi) is 6.40. The number of carbonyl (C=O) groups is 1. The molecule has 0 saturated carbocycles. The standard InChI is InChI=1S/C12H16N2O6.ClH/c1-4-12(16,11(13)15)7-5-8(14(17)18)10(20-3)9(6-7)19-2;/h5-6,16H,4H2,1-3H3,(H2,13,15);1H. The molecule has 0 aromatic heterocycles. The van der Waals surface area contributed by atoms with Gasteiger partial charge in [0.25, 0.3) is 5.91 Å². The van der Waals surface area contributed by atoms with Crippen molar-refractivity contribution in [1.29, 1.82) is 0 Å². The first-order chi connectivity index (χ1) is 9.31. The van der Waals surface area contributed by atoms with Gasteiger partial charge in [0, 0.05) is 11.6 Å². The van der Waals surface area contributed by atoms with Gasteiger partial charge in [-0.3, -0.25) is 14.9 Å². The van der Waals surface area contributed by atoms with E-state index in [9.17, 15) is 20.0 Å². The number of primary amides is 1. The van der Waals surface area contributed by atoms with Gasteiger partial charge in [-0.05, 0) is 12.5 Å². The lowest BCUT2D eigenvalue weighted by Gasteiger charge is -2.24. The molecule has 118 valence electrons. The molecule has 1 atom stereocenters. The molecule has 21 heavy (non-hydrogen) atoms. The van der Waals surface area contributed by atoms with Crippen LogP contribution in [0.5, 0.6) is 11.5 Å². The predicted octanol–water partition coefficient (Wildman–Crippen LogP) is 1.12. The number of methoxy groups -OCH3 is 2. The van der Waals surface area contributed by atoms with Crippen LogP contribution in [0.1, 0.15) is 18.9 Å². The molecule has 0 radical (unpaired) electrons. The average molecular weight is 321 g/mol. The summed E-state index contributed by atoms with van der Waals surface area (Å²) >= 11 is 0. The number of carbonyl (C=O) groups excluding carboxylic acids is 1. The number of halogens is 1. The highest BCUT2D eigenvalue weighted by molar-refractivity contribution is 5.85. The van der Waals surface area contributed by atoms with Crippen LogP contribution in [0.2, 0.25) is 0 Å². The molecule has 1 aromatic rings. The number of hydrogen-bond donors (Lipinski definition) is 2. The zero-order valence-corrected chi connectivity index (χ0v) is 12.6. The van der Waals surface area contributed by atoms with E-state index in [1.807, 2.05) is 0 Å². The smallest absolute Gasteiger partial charge is 0.315 e. The van der Waals surface area contributed by atoms with Gasteiger partial charge >= 0.3 is 5.69 Å². The monoisotopic (exact) mass is 320 g/mol. The Bertz CT molecular complexity index is 551. The van der Waals surface area contributed by atoms with E-state index in [2.05, 4.69) is 0 Å². The SMILES string of the molecule is CCC(O)(C(N)=O)c1cc(OC)c(OC)c([N+](=O)[O-])c1.Cl. The summed E-state index contributed by atoms with van der Waals surface area (Å²) in [5.41, 5.74) is 2.72. The summed E-state index contributed by atoms with van der Waals surface area (Å²) in [7, 11) is 2.55. The maximum absolute atomic E-state index is 11.4. The predicted molar refractivity (Wildman–Crippen MR) is 76.8 cm³/mol. The number of nitrogens with zero attached hydrogens (tertiary/aromatic N) is 1. The van der Waals surface area contributed by atoms with Crippen molar-refractivity contribution >= 4 is 24.0 Å². The van der Waals surface area contributed by atoms with Crippen LogP contribution in [0.15, 0.2) is 12.1 Å². The molecule has 1 rings (SSSR count). The van der Waals surface area contributed by atoms with Crippen LogP contribution in [0.3, 0.4) is 0 Å². The molecule has 1 aromatic carbocycles. The maximum atomic E-state index is 11.4. The van der Waals surface area contributed by atoms with Crippen LogP contribution >= 0.6 is 12.4 Å². The first-order valence-corrected chi connectivity index (χ1v) is 5.75. The van der Waals surface area contributed by atoms with E-state index < -0.39 is 22.1 Å². The molecule has 0 aliphatic rings. The van der Waals surface area contributed by atoms with Gasteiger partial charge in [0.05, 0.1) is 19.1 Å². The fourth-order valence-electron chi connectivity index (χ4n) is 1.84. The number of benzene rings is 1. The fraction of sp³-hybridized carbons (Fsp3) is 0.417. The second kappa shape index (κ2) is 7.09. The molecule has 0 aliphatic carbocycles. The number of hydrogen-bond acceptors (Lipinski definition) is 6. The average Bonchev–Trinajstić information content (AvgIpc) is 2.44. The van der Waals surface area contributed by atoms with E-state index in [-0.39, 0.29) is 35.9 Å². The third-order valence-corrected chi connectivity index (χ3v) is 3.05. The molecule has 0 saturated heterocycles. The van der Waals surface area contributed by atoms with Gasteiger partial charge in [0.1, 0.15) is 0 Å². The van der Waals surface area contributed by atoms with Crippen molar-refractivity contribution in [2.24, 2.45) is 5.73 Å². The highest BCUT2D eigenvalue weighted by Gasteiger charge is 2.37. The topological polar surface area (TPSA) is 125 Å². The second-order valence-corrected chi connectivity index (χ2v) is 4.07. The number of nitro groups is 1. The summed E-state index contributed by atoms with van der Waals surface area (Å²) in [4.78, 5) is 21.8. The van der Waals surface area contributed by atoms with Crippen LogP contribution in [-0.2, 0) is 10.4 Å². The molecule has 3 N–H and O–H groups in total. The van der Waals surface area contributed by atoms with Crippen molar-refractivity contribution in [2.75, 3.05) is 14.2 Å². The quantitative estimate of drug-likeness (QED) is 0.597. The Morgan fingerprint density at radius 1 is 1.43 bits per heavy atom. The van der Waals surface area contributed by atoms with Gasteiger partial charge in [-0.25, -0.2) is 0 Å². The summed E-state index contributed by atoms with van der Waals surface area (Å²) in [5, 5.41) is 21.3. The first-order valence-electron chi connectivity index (χ1n) is 5.75. The Morgan fingerprint density at radius 3 is 2.33 bits per heavy atom. The number of ether oxygens (including phenoxy) is 2. The molecule has 1 amide bonds. The van der Waals surface area contributed by atoms with E-state index in [0.717, 1.165) is 6.07 Å². The van der Waals surface area contributed by atoms with Crippen molar-refractivity contribution in [3.05, 3.63) is 27.8 Å². The van der Waals surface area contributed by atoms with Crippen molar-refractivity contribution in [3.63, 3.8) is 0 Å². The molecule has 1 unspecified atom stereocenters. The number of nitrogens with two attached hydrogens (primary N) is 1. The lowest BCUT2D eigenvalue weighted by Crippen LogP contribution is -2.40. The Morgan fingerprint density at radius 2 is 2.00 bits per heavy atom. The normalized spacial score (nSPS) is 12.8. The van der Waals surface area contributed by atoms with Gasteiger partial charge in [-0.1, -0.05) is 6.92 Å². The van der Waals surface area contributed by atoms with Crippen LogP contribution in [0.4, 0.5) is 5.69 Å². The van der Waals surface area contributed by atoms with Gasteiger partial charge in [-0.15, -0.1) is 12.4 Å². The van der Waals surface area contributed by atoms with Gasteiger partial charge in [-0.2, -0.15) is 0 Å². The van der Waals surface area contributed by atoms with E-state index in [1.165, 1.54) is 27.2 Å². The van der Waals surface area contributed by atoms with E-state index >= 15 is 0 Å². The zero-order chi connectivity index (χ0) is 15.5. The molecular weight excluding hydrogens is 304 g/mol. The fourth-order valence-corrected chi connectivity index (χ4v) is 1.84.